The van der Waals surface area contributed by atoms with Gasteiger partial charge in [-0.25, -0.2) is 9.59 Å². The molecule has 156 valence electrons. The van der Waals surface area contributed by atoms with Crippen LogP contribution < -0.4 is 0 Å². The predicted octanol–water partition coefficient (Wildman–Crippen LogP) is 4.31. The van der Waals surface area contributed by atoms with E-state index in [0.29, 0.717) is 38.2 Å². The van der Waals surface area contributed by atoms with Gasteiger partial charge in [0, 0.05) is 36.5 Å². The van der Waals surface area contributed by atoms with Gasteiger partial charge in [-0.3, -0.25) is 0 Å². The molecule has 0 bridgehead atoms. The quantitative estimate of drug-likeness (QED) is 0.720. The number of benzene rings is 1. The van der Waals surface area contributed by atoms with Crippen LogP contribution in [0.5, 0.6) is 0 Å². The van der Waals surface area contributed by atoms with Crippen molar-refractivity contribution in [1.82, 2.24) is 9.47 Å². The largest absolute Gasteiger partial charge is 0.462 e. The molecule has 1 aromatic carbocycles. The number of aromatic nitrogens is 1. The highest BCUT2D eigenvalue weighted by Gasteiger charge is 2.33. The van der Waals surface area contributed by atoms with Crippen LogP contribution in [0.4, 0.5) is 4.79 Å². The smallest absolute Gasteiger partial charge is 0.410 e. The van der Waals surface area contributed by atoms with Crippen molar-refractivity contribution in [3.05, 3.63) is 58.4 Å². The maximum absolute atomic E-state index is 12.7. The lowest BCUT2D eigenvalue weighted by molar-refractivity contribution is 0.0219. The summed E-state index contributed by atoms with van der Waals surface area (Å²) < 4.78 is 13.0. The predicted molar refractivity (Wildman–Crippen MR) is 111 cm³/mol. The molecule has 0 saturated heterocycles. The van der Waals surface area contributed by atoms with Crippen LogP contribution in [-0.4, -0.2) is 40.3 Å². The Kier molecular flexibility index (Phi) is 6.01. The van der Waals surface area contributed by atoms with Crippen molar-refractivity contribution >= 4 is 12.1 Å². The molecule has 0 saturated carbocycles. The average Bonchev–Trinajstić information content (AvgIpc) is 2.92. The van der Waals surface area contributed by atoms with Crippen molar-refractivity contribution in [3.8, 4) is 0 Å². The Balaban J connectivity index is 1.97. The van der Waals surface area contributed by atoms with E-state index < -0.39 is 5.60 Å². The number of fused-ring (bicyclic) bond motifs is 1. The lowest BCUT2D eigenvalue weighted by Gasteiger charge is -2.31. The molecule has 6 heteroatoms. The molecule has 0 N–H and O–H groups in total. The first kappa shape index (κ1) is 21.0. The SMILES string of the molecule is CCOC(=O)c1c2c(n(Cc3ccccc3)c1C)CCN(C(=O)OC(C)(C)C)C2. The van der Waals surface area contributed by atoms with Gasteiger partial charge in [-0.15, -0.1) is 0 Å². The number of hydrogen-bond donors (Lipinski definition) is 0. The van der Waals surface area contributed by atoms with Gasteiger partial charge < -0.3 is 18.9 Å². The first-order valence-corrected chi connectivity index (χ1v) is 10.1. The van der Waals surface area contributed by atoms with E-state index in [1.165, 1.54) is 5.56 Å². The Hall–Kier alpha value is -2.76. The first-order valence-electron chi connectivity index (χ1n) is 10.1. The van der Waals surface area contributed by atoms with Gasteiger partial charge in [0.15, 0.2) is 0 Å². The second-order valence-corrected chi connectivity index (χ2v) is 8.33. The van der Waals surface area contributed by atoms with Gasteiger partial charge in [0.2, 0.25) is 0 Å². The Morgan fingerprint density at radius 3 is 2.45 bits per heavy atom. The lowest BCUT2D eigenvalue weighted by Crippen LogP contribution is -2.40. The number of esters is 1. The van der Waals surface area contributed by atoms with E-state index in [4.69, 9.17) is 9.47 Å². The van der Waals surface area contributed by atoms with Crippen LogP contribution in [0.1, 0.15) is 60.6 Å². The molecular formula is C23H30N2O4. The van der Waals surface area contributed by atoms with Gasteiger partial charge in [-0.2, -0.15) is 0 Å². The molecule has 0 aliphatic carbocycles. The Bertz CT molecular complexity index is 894. The third-order valence-electron chi connectivity index (χ3n) is 5.02. The van der Waals surface area contributed by atoms with Crippen molar-refractivity contribution < 1.29 is 19.1 Å². The van der Waals surface area contributed by atoms with E-state index in [1.54, 1.807) is 11.8 Å². The van der Waals surface area contributed by atoms with Crippen molar-refractivity contribution in [1.29, 1.82) is 0 Å². The number of carbonyl (C=O) groups excluding carboxylic acids is 2. The minimum absolute atomic E-state index is 0.312. The van der Waals surface area contributed by atoms with E-state index in [0.717, 1.165) is 17.0 Å². The summed E-state index contributed by atoms with van der Waals surface area (Å²) in [5, 5.41) is 0. The molecule has 0 radical (unpaired) electrons. The molecule has 0 unspecified atom stereocenters. The topological polar surface area (TPSA) is 60.8 Å². The molecule has 0 spiro atoms. The number of carbonyl (C=O) groups is 2. The van der Waals surface area contributed by atoms with E-state index in [9.17, 15) is 9.59 Å². The van der Waals surface area contributed by atoms with Crippen molar-refractivity contribution in [2.75, 3.05) is 13.2 Å². The summed E-state index contributed by atoms with van der Waals surface area (Å²) in [6.07, 6.45) is 0.313. The van der Waals surface area contributed by atoms with Gasteiger partial charge in [-0.05, 0) is 40.2 Å². The highest BCUT2D eigenvalue weighted by molar-refractivity contribution is 5.93. The van der Waals surface area contributed by atoms with Crippen LogP contribution >= 0.6 is 0 Å². The minimum Gasteiger partial charge on any atom is -0.462 e. The second kappa shape index (κ2) is 8.31. The fourth-order valence-corrected chi connectivity index (χ4v) is 3.77. The Morgan fingerprint density at radius 1 is 1.14 bits per heavy atom. The Labute approximate surface area is 172 Å². The van der Waals surface area contributed by atoms with Crippen LogP contribution in [0, 0.1) is 6.92 Å². The number of rotatable bonds is 4. The van der Waals surface area contributed by atoms with E-state index in [1.807, 2.05) is 45.9 Å². The third-order valence-corrected chi connectivity index (χ3v) is 5.02. The number of nitrogens with zero attached hydrogens (tertiary/aromatic N) is 2. The van der Waals surface area contributed by atoms with E-state index >= 15 is 0 Å². The molecule has 1 aliphatic heterocycles. The summed E-state index contributed by atoms with van der Waals surface area (Å²) in [6.45, 7) is 11.2. The standard InChI is InChI=1S/C23H30N2O4/c1-6-28-21(26)20-16(2)25(14-17-10-8-7-9-11-17)19-12-13-24(15-18(19)20)22(27)29-23(3,4)5/h7-11H,6,12-15H2,1-5H3. The summed E-state index contributed by atoms with van der Waals surface area (Å²) in [5.41, 5.74) is 4.02. The molecule has 29 heavy (non-hydrogen) atoms. The molecule has 6 nitrogen and oxygen atoms in total. The normalized spacial score (nSPS) is 13.8. The van der Waals surface area contributed by atoms with Gasteiger partial charge in [0.1, 0.15) is 5.60 Å². The van der Waals surface area contributed by atoms with Gasteiger partial charge in [0.25, 0.3) is 0 Å². The zero-order valence-corrected chi connectivity index (χ0v) is 17.9. The van der Waals surface area contributed by atoms with Gasteiger partial charge in [0.05, 0.1) is 18.7 Å². The van der Waals surface area contributed by atoms with Gasteiger partial charge >= 0.3 is 12.1 Å². The fraction of sp³-hybridized carbons (Fsp3) is 0.478. The van der Waals surface area contributed by atoms with Crippen molar-refractivity contribution in [2.45, 2.75) is 59.7 Å². The van der Waals surface area contributed by atoms with Crippen LogP contribution in [0.15, 0.2) is 30.3 Å². The third kappa shape index (κ3) is 4.63. The van der Waals surface area contributed by atoms with Crippen molar-refractivity contribution in [3.63, 3.8) is 0 Å². The monoisotopic (exact) mass is 398 g/mol. The molecule has 0 atom stereocenters. The summed E-state index contributed by atoms with van der Waals surface area (Å²) in [7, 11) is 0. The molecule has 2 heterocycles. The Morgan fingerprint density at radius 2 is 1.83 bits per heavy atom. The molecule has 2 aromatic rings. The molecule has 1 aliphatic rings. The number of ether oxygens (including phenoxy) is 2. The maximum atomic E-state index is 12.7. The van der Waals surface area contributed by atoms with Crippen LogP contribution in [-0.2, 0) is 29.0 Å². The highest BCUT2D eigenvalue weighted by Crippen LogP contribution is 2.30. The molecule has 3 rings (SSSR count). The van der Waals surface area contributed by atoms with Crippen LogP contribution in [0.3, 0.4) is 0 Å². The molecule has 1 aromatic heterocycles. The molecule has 0 fully saturated rings. The highest BCUT2D eigenvalue weighted by atomic mass is 16.6. The zero-order valence-electron chi connectivity index (χ0n) is 17.9. The lowest BCUT2D eigenvalue weighted by atomic mass is 10.0. The summed E-state index contributed by atoms with van der Waals surface area (Å²) in [5.74, 6) is -0.334. The maximum Gasteiger partial charge on any atom is 0.410 e. The average molecular weight is 399 g/mol. The van der Waals surface area contributed by atoms with Crippen LogP contribution in [0.2, 0.25) is 0 Å². The second-order valence-electron chi connectivity index (χ2n) is 8.33. The minimum atomic E-state index is -0.559. The molecular weight excluding hydrogens is 368 g/mol. The van der Waals surface area contributed by atoms with E-state index in [2.05, 4.69) is 16.7 Å². The number of hydrogen-bond acceptors (Lipinski definition) is 4. The first-order chi connectivity index (χ1) is 13.7. The van der Waals surface area contributed by atoms with Crippen molar-refractivity contribution in [2.24, 2.45) is 0 Å². The number of amides is 1. The summed E-state index contributed by atoms with van der Waals surface area (Å²) >= 11 is 0. The molecule has 1 amide bonds. The summed E-state index contributed by atoms with van der Waals surface area (Å²) in [4.78, 5) is 27.0. The van der Waals surface area contributed by atoms with Gasteiger partial charge in [-0.1, -0.05) is 30.3 Å². The fourth-order valence-electron chi connectivity index (χ4n) is 3.77. The van der Waals surface area contributed by atoms with Crippen LogP contribution in [0.25, 0.3) is 0 Å². The van der Waals surface area contributed by atoms with E-state index in [-0.39, 0.29) is 12.1 Å². The zero-order chi connectivity index (χ0) is 21.2. The summed E-state index contributed by atoms with van der Waals surface area (Å²) in [6, 6.07) is 10.2.